The first-order valence-corrected chi connectivity index (χ1v) is 21.1. The third-order valence-electron chi connectivity index (χ3n) is 11.8. The minimum atomic E-state index is -0.157. The molecule has 9 heteroatoms. The molecular weight excluding hydrogens is 757 g/mol. The molecule has 2 amide bonds. The van der Waals surface area contributed by atoms with Crippen LogP contribution in [-0.4, -0.2) is 56.2 Å². The fourth-order valence-corrected chi connectivity index (χ4v) is 8.68. The third kappa shape index (κ3) is 7.97. The van der Waals surface area contributed by atoms with E-state index in [1.54, 1.807) is 7.05 Å². The summed E-state index contributed by atoms with van der Waals surface area (Å²) < 4.78 is 4.24. The van der Waals surface area contributed by atoms with Gasteiger partial charge in [0.2, 0.25) is 0 Å². The summed E-state index contributed by atoms with van der Waals surface area (Å²) in [6, 6.07) is 41.0. The van der Waals surface area contributed by atoms with E-state index < -0.39 is 0 Å². The summed E-state index contributed by atoms with van der Waals surface area (Å²) in [5.74, 6) is 1.43. The first-order chi connectivity index (χ1) is 29.6. The lowest BCUT2D eigenvalue weighted by molar-refractivity contribution is 0.0948. The van der Waals surface area contributed by atoms with E-state index in [-0.39, 0.29) is 24.3 Å². The topological polar surface area (TPSA) is 114 Å². The van der Waals surface area contributed by atoms with Crippen LogP contribution >= 0.6 is 0 Å². The van der Waals surface area contributed by atoms with E-state index in [1.165, 1.54) is 22.3 Å². The molecule has 0 radical (unpaired) electrons. The Kier molecular flexibility index (Phi) is 11.7. The standard InChI is InChI=1S/C52H52N6O3/c1-7-57-47-22-18-36(51(60)53-6)30-45(47)55-49(57)43-15-11-9-13-40(43)41-21-17-33(3)29-44(41)34(4)24-25-54-52(61)37-19-23-48-46(31-37)56-50(58(48)26-27-59)42-14-10-8-12-39(42)38-20-16-32(2)28-35(38)5/h8-23,28-31,34,59H,7,24-27H2,1-6H3,(H,53,60)(H,54,61). The number of benzene rings is 6. The van der Waals surface area contributed by atoms with E-state index in [1.807, 2.05) is 59.2 Å². The van der Waals surface area contributed by atoms with Crippen LogP contribution in [-0.2, 0) is 13.1 Å². The highest BCUT2D eigenvalue weighted by Gasteiger charge is 2.22. The number of nitrogens with zero attached hydrogens (tertiary/aromatic N) is 4. The van der Waals surface area contributed by atoms with E-state index >= 15 is 0 Å². The monoisotopic (exact) mass is 808 g/mol. The SMILES string of the molecule is CCn1c(-c2ccccc2-c2ccc(C)cc2C(C)CCNC(=O)c2ccc3c(c2)nc(-c2ccccc2-c2ccc(C)cc2C)n3CCO)nc2cc(C(=O)NC)ccc21. The van der Waals surface area contributed by atoms with Crippen molar-refractivity contribution in [1.82, 2.24) is 29.7 Å². The maximum absolute atomic E-state index is 13.7. The molecule has 0 spiro atoms. The van der Waals surface area contributed by atoms with E-state index in [0.717, 1.165) is 74.5 Å². The van der Waals surface area contributed by atoms with E-state index in [4.69, 9.17) is 9.97 Å². The Morgan fingerprint density at radius 3 is 1.77 bits per heavy atom. The average molecular weight is 809 g/mol. The van der Waals surface area contributed by atoms with Gasteiger partial charge in [0.05, 0.1) is 28.7 Å². The van der Waals surface area contributed by atoms with Gasteiger partial charge >= 0.3 is 0 Å². The fraction of sp³-hybridized carbons (Fsp3) is 0.231. The van der Waals surface area contributed by atoms with Gasteiger partial charge in [-0.1, -0.05) is 103 Å². The van der Waals surface area contributed by atoms with Gasteiger partial charge in [-0.3, -0.25) is 9.59 Å². The number of nitrogens with one attached hydrogen (secondary N) is 2. The van der Waals surface area contributed by atoms with Crippen LogP contribution in [0.4, 0.5) is 0 Å². The van der Waals surface area contributed by atoms with Gasteiger partial charge in [0.15, 0.2) is 0 Å². The molecule has 8 rings (SSSR count). The van der Waals surface area contributed by atoms with Crippen molar-refractivity contribution in [2.24, 2.45) is 0 Å². The minimum absolute atomic E-state index is 0.0415. The third-order valence-corrected chi connectivity index (χ3v) is 11.8. The minimum Gasteiger partial charge on any atom is -0.395 e. The van der Waals surface area contributed by atoms with Gasteiger partial charge in [0.25, 0.3) is 11.8 Å². The molecule has 0 fully saturated rings. The van der Waals surface area contributed by atoms with Crippen LogP contribution in [0.5, 0.6) is 0 Å². The molecule has 61 heavy (non-hydrogen) atoms. The second-order valence-corrected chi connectivity index (χ2v) is 15.9. The summed E-state index contributed by atoms with van der Waals surface area (Å²) in [6.45, 7) is 12.2. The van der Waals surface area contributed by atoms with Crippen LogP contribution in [0, 0.1) is 20.8 Å². The first-order valence-electron chi connectivity index (χ1n) is 21.1. The normalized spacial score (nSPS) is 11.9. The molecule has 1 atom stereocenters. The van der Waals surface area contributed by atoms with Crippen molar-refractivity contribution in [3.8, 4) is 45.0 Å². The summed E-state index contributed by atoms with van der Waals surface area (Å²) in [6.07, 6.45) is 0.729. The Bertz CT molecular complexity index is 2940. The Morgan fingerprint density at radius 2 is 1.18 bits per heavy atom. The highest BCUT2D eigenvalue weighted by Crippen LogP contribution is 2.39. The Balaban J connectivity index is 1.04. The van der Waals surface area contributed by atoms with Crippen LogP contribution in [0.25, 0.3) is 67.1 Å². The van der Waals surface area contributed by atoms with E-state index in [2.05, 4.69) is 117 Å². The van der Waals surface area contributed by atoms with Crippen molar-refractivity contribution in [2.45, 2.75) is 60.0 Å². The largest absolute Gasteiger partial charge is 0.395 e. The van der Waals surface area contributed by atoms with Crippen LogP contribution in [0.3, 0.4) is 0 Å². The van der Waals surface area contributed by atoms with Crippen molar-refractivity contribution >= 4 is 33.9 Å². The average Bonchev–Trinajstić information content (AvgIpc) is 3.83. The molecule has 6 aromatic carbocycles. The first kappa shape index (κ1) is 40.9. The predicted octanol–water partition coefficient (Wildman–Crippen LogP) is 10.3. The lowest BCUT2D eigenvalue weighted by Gasteiger charge is -2.20. The molecule has 0 aliphatic heterocycles. The van der Waals surface area contributed by atoms with Crippen LogP contribution < -0.4 is 10.6 Å². The quantitative estimate of drug-likeness (QED) is 0.107. The van der Waals surface area contributed by atoms with Gasteiger partial charge < -0.3 is 24.9 Å². The van der Waals surface area contributed by atoms with Gasteiger partial charge in [-0.15, -0.1) is 0 Å². The van der Waals surface area contributed by atoms with Crippen molar-refractivity contribution in [3.05, 3.63) is 155 Å². The predicted molar refractivity (Wildman–Crippen MR) is 247 cm³/mol. The molecule has 0 saturated carbocycles. The highest BCUT2D eigenvalue weighted by atomic mass is 16.3. The van der Waals surface area contributed by atoms with Crippen LogP contribution in [0.1, 0.15) is 69.2 Å². The number of fused-ring (bicyclic) bond motifs is 2. The summed E-state index contributed by atoms with van der Waals surface area (Å²) in [5.41, 5.74) is 15.6. The Morgan fingerprint density at radius 1 is 0.639 bits per heavy atom. The number of hydrogen-bond acceptors (Lipinski definition) is 5. The summed E-state index contributed by atoms with van der Waals surface area (Å²) in [4.78, 5) is 36.4. The number of aliphatic hydroxyl groups is 1. The molecular formula is C52H52N6O3. The molecule has 8 aromatic rings. The number of amides is 2. The number of hydrogen-bond donors (Lipinski definition) is 3. The highest BCUT2D eigenvalue weighted by molar-refractivity contribution is 5.99. The molecule has 1 unspecified atom stereocenters. The summed E-state index contributed by atoms with van der Waals surface area (Å²) in [7, 11) is 1.63. The van der Waals surface area contributed by atoms with Crippen LogP contribution in [0.15, 0.2) is 121 Å². The summed E-state index contributed by atoms with van der Waals surface area (Å²) in [5, 5.41) is 16.0. The number of aromatic nitrogens is 4. The van der Waals surface area contributed by atoms with Crippen molar-refractivity contribution in [3.63, 3.8) is 0 Å². The Hall–Kier alpha value is -6.84. The van der Waals surface area contributed by atoms with E-state index in [9.17, 15) is 14.7 Å². The number of imidazole rings is 2. The van der Waals surface area contributed by atoms with Crippen molar-refractivity contribution in [1.29, 1.82) is 0 Å². The molecule has 0 aliphatic rings. The fourth-order valence-electron chi connectivity index (χ4n) is 8.68. The van der Waals surface area contributed by atoms with Gasteiger partial charge in [-0.05, 0) is 110 Å². The number of aliphatic hydroxyl groups excluding tert-OH is 1. The van der Waals surface area contributed by atoms with Crippen molar-refractivity contribution in [2.75, 3.05) is 20.2 Å². The van der Waals surface area contributed by atoms with Gasteiger partial charge in [-0.25, -0.2) is 9.97 Å². The molecule has 0 aliphatic carbocycles. The molecule has 0 saturated heterocycles. The lowest BCUT2D eigenvalue weighted by Crippen LogP contribution is -2.25. The van der Waals surface area contributed by atoms with Gasteiger partial charge in [0, 0.05) is 48.9 Å². The zero-order chi connectivity index (χ0) is 42.8. The van der Waals surface area contributed by atoms with Crippen molar-refractivity contribution < 1.29 is 14.7 Å². The lowest BCUT2D eigenvalue weighted by atomic mass is 9.86. The number of carbonyl (C=O) groups is 2. The zero-order valence-corrected chi connectivity index (χ0v) is 35.7. The summed E-state index contributed by atoms with van der Waals surface area (Å²) >= 11 is 0. The molecule has 3 N–H and O–H groups in total. The van der Waals surface area contributed by atoms with E-state index in [0.29, 0.717) is 29.7 Å². The second-order valence-electron chi connectivity index (χ2n) is 15.9. The Labute approximate surface area is 357 Å². The number of carbonyl (C=O) groups excluding carboxylic acids is 2. The number of rotatable bonds is 13. The molecule has 308 valence electrons. The zero-order valence-electron chi connectivity index (χ0n) is 35.7. The second kappa shape index (κ2) is 17.4. The van der Waals surface area contributed by atoms with Crippen LogP contribution in [0.2, 0.25) is 0 Å². The molecule has 2 heterocycles. The molecule has 9 nitrogen and oxygen atoms in total. The van der Waals surface area contributed by atoms with Gasteiger partial charge in [0.1, 0.15) is 11.6 Å². The number of aryl methyl sites for hydroxylation is 4. The maximum atomic E-state index is 13.7. The maximum Gasteiger partial charge on any atom is 0.251 e. The molecule has 0 bridgehead atoms. The molecule has 2 aromatic heterocycles. The smallest absolute Gasteiger partial charge is 0.251 e. The van der Waals surface area contributed by atoms with Gasteiger partial charge in [-0.2, -0.15) is 0 Å².